The minimum absolute atomic E-state index is 0.115. The van der Waals surface area contributed by atoms with Crippen LogP contribution in [-0.2, 0) is 6.42 Å². The quantitative estimate of drug-likeness (QED) is 0.812. The van der Waals surface area contributed by atoms with Crippen molar-refractivity contribution in [2.24, 2.45) is 29.1 Å². The second-order valence-corrected chi connectivity index (χ2v) is 8.94. The summed E-state index contributed by atoms with van der Waals surface area (Å²) in [7, 11) is 0. The molecule has 2 N–H and O–H groups in total. The summed E-state index contributed by atoms with van der Waals surface area (Å²) in [6.07, 6.45) is 6.71. The summed E-state index contributed by atoms with van der Waals surface area (Å²) in [5, 5.41) is 20.7. The van der Waals surface area contributed by atoms with E-state index in [1.54, 1.807) is 0 Å². The highest BCUT2D eigenvalue weighted by Crippen LogP contribution is 2.64. The maximum atomic E-state index is 10.7. The summed E-state index contributed by atoms with van der Waals surface area (Å²) in [6.45, 7) is 7.02. The second kappa shape index (κ2) is 5.76. The molecular weight excluding hydrogens is 296 g/mol. The number of hydrogen-bond donors (Lipinski definition) is 2. The van der Waals surface area contributed by atoms with Gasteiger partial charge in [0.1, 0.15) is 5.75 Å². The van der Waals surface area contributed by atoms with Crippen LogP contribution in [0.4, 0.5) is 0 Å². The molecule has 0 aromatic heterocycles. The smallest absolute Gasteiger partial charge is 0.115 e. The van der Waals surface area contributed by atoms with Gasteiger partial charge in [0.15, 0.2) is 0 Å². The van der Waals surface area contributed by atoms with Crippen LogP contribution in [0.2, 0.25) is 0 Å². The molecule has 2 heteroatoms. The van der Waals surface area contributed by atoms with E-state index in [1.165, 1.54) is 30.4 Å². The topological polar surface area (TPSA) is 40.5 Å². The molecule has 2 nitrogen and oxygen atoms in total. The van der Waals surface area contributed by atoms with Gasteiger partial charge in [-0.05, 0) is 83.9 Å². The van der Waals surface area contributed by atoms with Crippen molar-refractivity contribution >= 4 is 0 Å². The maximum absolute atomic E-state index is 10.7. The molecule has 0 spiro atoms. The molecule has 0 amide bonds. The van der Waals surface area contributed by atoms with E-state index < -0.39 is 0 Å². The Morgan fingerprint density at radius 1 is 1.12 bits per heavy atom. The summed E-state index contributed by atoms with van der Waals surface area (Å²) < 4.78 is 0. The van der Waals surface area contributed by atoms with Crippen molar-refractivity contribution in [3.05, 3.63) is 29.3 Å². The maximum Gasteiger partial charge on any atom is 0.115 e. The van der Waals surface area contributed by atoms with Gasteiger partial charge in [-0.15, -0.1) is 0 Å². The molecule has 3 aliphatic rings. The Hall–Kier alpha value is -1.02. The lowest BCUT2D eigenvalue weighted by Gasteiger charge is -2.56. The zero-order valence-electron chi connectivity index (χ0n) is 15.3. The van der Waals surface area contributed by atoms with E-state index in [2.05, 4.69) is 26.8 Å². The van der Waals surface area contributed by atoms with Crippen LogP contribution < -0.4 is 0 Å². The normalized spacial score (nSPS) is 43.8. The third-order valence-corrected chi connectivity index (χ3v) is 8.01. The Labute approximate surface area is 146 Å². The van der Waals surface area contributed by atoms with Gasteiger partial charge in [0, 0.05) is 0 Å². The molecule has 24 heavy (non-hydrogen) atoms. The van der Waals surface area contributed by atoms with Crippen LogP contribution in [0.1, 0.15) is 69.9 Å². The number of fused-ring (bicyclic) bond motifs is 5. The lowest BCUT2D eigenvalue weighted by Crippen LogP contribution is -2.50. The van der Waals surface area contributed by atoms with Crippen molar-refractivity contribution in [1.29, 1.82) is 0 Å². The van der Waals surface area contributed by atoms with E-state index in [0.29, 0.717) is 35.3 Å². The summed E-state index contributed by atoms with van der Waals surface area (Å²) in [4.78, 5) is 0. The molecule has 0 bridgehead atoms. The van der Waals surface area contributed by atoms with Gasteiger partial charge in [-0.1, -0.05) is 39.7 Å². The molecule has 3 aliphatic carbocycles. The molecule has 1 aromatic rings. The number of rotatable bonds is 2. The first kappa shape index (κ1) is 16.4. The second-order valence-electron chi connectivity index (χ2n) is 8.94. The van der Waals surface area contributed by atoms with Crippen molar-refractivity contribution in [3.63, 3.8) is 0 Å². The van der Waals surface area contributed by atoms with Gasteiger partial charge in [0.25, 0.3) is 0 Å². The lowest BCUT2D eigenvalue weighted by molar-refractivity contribution is -0.0648. The summed E-state index contributed by atoms with van der Waals surface area (Å²) in [6, 6.07) is 6.09. The fourth-order valence-corrected chi connectivity index (χ4v) is 6.83. The molecule has 0 heterocycles. The lowest BCUT2D eigenvalue weighted by atomic mass is 9.49. The van der Waals surface area contributed by atoms with Crippen molar-refractivity contribution in [2.45, 2.75) is 71.3 Å². The van der Waals surface area contributed by atoms with Crippen LogP contribution in [0, 0.1) is 29.1 Å². The SMILES string of the molecule is CC[C@H]1C[C@]2(C)[C@@H](O)CC[C@H]2[C@@H]2[C@H](CC)Cc3cc(O)ccc3[C@@H]12. The van der Waals surface area contributed by atoms with Gasteiger partial charge in [-0.25, -0.2) is 0 Å². The van der Waals surface area contributed by atoms with Crippen LogP contribution in [0.3, 0.4) is 0 Å². The molecule has 0 aliphatic heterocycles. The number of phenols is 1. The molecule has 2 saturated carbocycles. The first-order chi connectivity index (χ1) is 11.5. The highest BCUT2D eigenvalue weighted by molar-refractivity contribution is 5.41. The van der Waals surface area contributed by atoms with Crippen LogP contribution in [0.25, 0.3) is 0 Å². The molecular formula is C22H32O2. The van der Waals surface area contributed by atoms with E-state index in [1.807, 2.05) is 12.1 Å². The highest BCUT2D eigenvalue weighted by Gasteiger charge is 2.58. The number of aliphatic hydroxyl groups is 1. The van der Waals surface area contributed by atoms with Gasteiger partial charge in [-0.2, -0.15) is 0 Å². The minimum Gasteiger partial charge on any atom is -0.508 e. The predicted molar refractivity (Wildman–Crippen MR) is 97.1 cm³/mol. The summed E-state index contributed by atoms with van der Waals surface area (Å²) in [5.41, 5.74) is 2.99. The third-order valence-electron chi connectivity index (χ3n) is 8.01. The van der Waals surface area contributed by atoms with Crippen LogP contribution in [0.15, 0.2) is 18.2 Å². The molecule has 0 saturated heterocycles. The van der Waals surface area contributed by atoms with Gasteiger partial charge in [0.2, 0.25) is 0 Å². The minimum atomic E-state index is -0.115. The Kier molecular flexibility index (Phi) is 3.95. The van der Waals surface area contributed by atoms with Gasteiger partial charge >= 0.3 is 0 Å². The van der Waals surface area contributed by atoms with E-state index in [-0.39, 0.29) is 11.5 Å². The Morgan fingerprint density at radius 2 is 1.88 bits per heavy atom. The number of aromatic hydroxyl groups is 1. The Morgan fingerprint density at radius 3 is 2.58 bits per heavy atom. The standard InChI is InChI=1S/C22H32O2/c1-4-13-10-15-11-16(23)6-7-17(15)20-14(5-2)12-22(3)18(21(13)20)8-9-19(22)24/h6-7,11,13-14,18-21,23-24H,4-5,8-10,12H2,1-3H3/t13-,14+,18+,19+,20-,21+,22+/m1/s1. The number of phenolic OH excluding ortho intramolecular Hbond substituents is 1. The zero-order chi connectivity index (χ0) is 17.1. The molecule has 7 atom stereocenters. The Balaban J connectivity index is 1.84. The van der Waals surface area contributed by atoms with Crippen LogP contribution >= 0.6 is 0 Å². The largest absolute Gasteiger partial charge is 0.508 e. The van der Waals surface area contributed by atoms with Gasteiger partial charge in [0.05, 0.1) is 6.10 Å². The Bertz CT molecular complexity index is 624. The fraction of sp³-hybridized carbons (Fsp3) is 0.727. The summed E-state index contributed by atoms with van der Waals surface area (Å²) >= 11 is 0. The van der Waals surface area contributed by atoms with E-state index >= 15 is 0 Å². The van der Waals surface area contributed by atoms with Crippen molar-refractivity contribution in [1.82, 2.24) is 0 Å². The third kappa shape index (κ3) is 2.18. The van der Waals surface area contributed by atoms with Crippen LogP contribution in [0.5, 0.6) is 5.75 Å². The fourth-order valence-electron chi connectivity index (χ4n) is 6.83. The molecule has 1 aromatic carbocycles. The monoisotopic (exact) mass is 328 g/mol. The number of hydrogen-bond acceptors (Lipinski definition) is 2. The van der Waals surface area contributed by atoms with E-state index in [9.17, 15) is 10.2 Å². The number of aliphatic hydroxyl groups excluding tert-OH is 1. The average molecular weight is 328 g/mol. The predicted octanol–water partition coefficient (Wildman–Crippen LogP) is 4.88. The van der Waals surface area contributed by atoms with Crippen LogP contribution in [-0.4, -0.2) is 16.3 Å². The van der Waals surface area contributed by atoms with Gasteiger partial charge in [-0.3, -0.25) is 0 Å². The summed E-state index contributed by atoms with van der Waals surface area (Å²) in [5.74, 6) is 3.73. The molecule has 0 unspecified atom stereocenters. The van der Waals surface area contributed by atoms with Gasteiger partial charge < -0.3 is 10.2 Å². The number of benzene rings is 1. The van der Waals surface area contributed by atoms with Crippen molar-refractivity contribution < 1.29 is 10.2 Å². The highest BCUT2D eigenvalue weighted by atomic mass is 16.3. The molecule has 2 fully saturated rings. The van der Waals surface area contributed by atoms with Crippen molar-refractivity contribution in [2.75, 3.05) is 0 Å². The molecule has 0 radical (unpaired) electrons. The molecule has 4 rings (SSSR count). The molecule has 132 valence electrons. The average Bonchev–Trinajstić information content (AvgIpc) is 2.87. The van der Waals surface area contributed by atoms with E-state index in [4.69, 9.17) is 0 Å². The van der Waals surface area contributed by atoms with E-state index in [0.717, 1.165) is 19.3 Å². The zero-order valence-corrected chi connectivity index (χ0v) is 15.3. The first-order valence-corrected chi connectivity index (χ1v) is 9.99. The van der Waals surface area contributed by atoms with Crippen molar-refractivity contribution in [3.8, 4) is 5.75 Å². The first-order valence-electron chi connectivity index (χ1n) is 9.99.